The van der Waals surface area contributed by atoms with Crippen molar-refractivity contribution in [3.63, 3.8) is 0 Å². The van der Waals surface area contributed by atoms with Crippen molar-refractivity contribution in [3.05, 3.63) is 60.7 Å². The molecule has 0 unspecified atom stereocenters. The maximum atomic E-state index is 11.3. The number of rotatable bonds is 3. The Hall–Kier alpha value is -1.58. The average molecular weight is 277 g/mol. The number of hydrogen-bond donors (Lipinski definition) is 0. The minimum Gasteiger partial charge on any atom is -0.496 e. The normalized spacial score (nSPS) is 11.0. The van der Waals surface area contributed by atoms with Crippen LogP contribution < -0.4 is 10.4 Å². The SMILES string of the molecule is CC(=O)O[Si](Cl)(c1ccccc1)c1ccccc1. The van der Waals surface area contributed by atoms with E-state index in [0.29, 0.717) is 0 Å². The number of halogens is 1. The fourth-order valence-electron chi connectivity index (χ4n) is 1.79. The Kier molecular flexibility index (Phi) is 3.84. The van der Waals surface area contributed by atoms with Gasteiger partial charge in [-0.2, -0.15) is 0 Å². The second-order valence-electron chi connectivity index (χ2n) is 3.92. The predicted octanol–water partition coefficient (Wildman–Crippen LogP) is 2.04. The first-order valence-corrected chi connectivity index (χ1v) is 8.54. The zero-order valence-corrected chi connectivity index (χ0v) is 11.7. The zero-order chi connectivity index (χ0) is 13.0. The second-order valence-corrected chi connectivity index (χ2v) is 8.07. The first-order valence-electron chi connectivity index (χ1n) is 5.62. The molecule has 92 valence electrons. The van der Waals surface area contributed by atoms with Crippen LogP contribution in [0.4, 0.5) is 0 Å². The summed E-state index contributed by atoms with van der Waals surface area (Å²) in [6.45, 7) is 1.38. The number of hydrogen-bond acceptors (Lipinski definition) is 2. The van der Waals surface area contributed by atoms with E-state index in [-0.39, 0.29) is 5.97 Å². The largest absolute Gasteiger partial charge is 0.496 e. The Bertz CT molecular complexity index is 489. The minimum absolute atomic E-state index is 0.357. The van der Waals surface area contributed by atoms with E-state index in [1.54, 1.807) is 0 Å². The van der Waals surface area contributed by atoms with Gasteiger partial charge in [-0.05, 0) is 10.4 Å². The highest BCUT2D eigenvalue weighted by atomic mass is 35.6. The van der Waals surface area contributed by atoms with Gasteiger partial charge in [0.05, 0.1) is 0 Å². The summed E-state index contributed by atoms with van der Waals surface area (Å²) in [6.07, 6.45) is 0. The van der Waals surface area contributed by atoms with Gasteiger partial charge in [-0.25, -0.2) is 0 Å². The lowest BCUT2D eigenvalue weighted by Gasteiger charge is -2.24. The molecule has 2 aromatic rings. The van der Waals surface area contributed by atoms with Crippen molar-refractivity contribution in [3.8, 4) is 0 Å². The molecule has 0 spiro atoms. The smallest absolute Gasteiger partial charge is 0.416 e. The van der Waals surface area contributed by atoms with E-state index < -0.39 is 7.63 Å². The molecular formula is C14H13ClO2Si. The van der Waals surface area contributed by atoms with Crippen molar-refractivity contribution in [1.29, 1.82) is 0 Å². The van der Waals surface area contributed by atoms with Crippen LogP contribution in [0, 0.1) is 0 Å². The summed E-state index contributed by atoms with van der Waals surface area (Å²) in [5, 5.41) is 1.74. The quantitative estimate of drug-likeness (QED) is 0.634. The van der Waals surface area contributed by atoms with Crippen molar-refractivity contribution in [2.24, 2.45) is 0 Å². The third-order valence-electron chi connectivity index (χ3n) is 2.57. The Morgan fingerprint density at radius 3 is 1.67 bits per heavy atom. The van der Waals surface area contributed by atoms with Gasteiger partial charge in [-0.15, -0.1) is 11.1 Å². The molecule has 0 bridgehead atoms. The number of carbonyl (C=O) groups excluding carboxylic acids is 1. The lowest BCUT2D eigenvalue weighted by atomic mass is 10.4. The van der Waals surface area contributed by atoms with Crippen molar-refractivity contribution in [1.82, 2.24) is 0 Å². The van der Waals surface area contributed by atoms with Crippen LogP contribution in [-0.2, 0) is 9.22 Å². The van der Waals surface area contributed by atoms with E-state index in [1.165, 1.54) is 6.92 Å². The molecule has 0 fully saturated rings. The van der Waals surface area contributed by atoms with E-state index >= 15 is 0 Å². The summed E-state index contributed by atoms with van der Waals surface area (Å²) in [5.41, 5.74) is 0. The van der Waals surface area contributed by atoms with Gasteiger partial charge in [-0.3, -0.25) is 4.79 Å². The molecule has 0 radical (unpaired) electrons. The molecule has 0 amide bonds. The molecule has 4 heteroatoms. The Morgan fingerprint density at radius 2 is 1.33 bits per heavy atom. The van der Waals surface area contributed by atoms with Crippen LogP contribution in [0.25, 0.3) is 0 Å². The maximum Gasteiger partial charge on any atom is 0.416 e. The molecule has 0 atom stereocenters. The van der Waals surface area contributed by atoms with Gasteiger partial charge >= 0.3 is 7.63 Å². The van der Waals surface area contributed by atoms with E-state index in [0.717, 1.165) is 10.4 Å². The van der Waals surface area contributed by atoms with Gasteiger partial charge in [0.25, 0.3) is 5.97 Å². The average Bonchev–Trinajstić information content (AvgIpc) is 2.40. The molecule has 0 aliphatic rings. The van der Waals surface area contributed by atoms with Crippen LogP contribution in [0.2, 0.25) is 0 Å². The summed E-state index contributed by atoms with van der Waals surface area (Å²) < 4.78 is 5.48. The van der Waals surface area contributed by atoms with Crippen LogP contribution in [0.1, 0.15) is 6.92 Å². The molecule has 2 rings (SSSR count). The van der Waals surface area contributed by atoms with Crippen molar-refractivity contribution in [2.75, 3.05) is 0 Å². The molecular weight excluding hydrogens is 264 g/mol. The Labute approximate surface area is 112 Å². The van der Waals surface area contributed by atoms with Crippen LogP contribution in [-0.4, -0.2) is 13.6 Å². The van der Waals surface area contributed by atoms with Gasteiger partial charge in [0.1, 0.15) is 0 Å². The molecule has 2 nitrogen and oxygen atoms in total. The monoisotopic (exact) mass is 276 g/mol. The van der Waals surface area contributed by atoms with Crippen molar-refractivity contribution < 1.29 is 9.22 Å². The van der Waals surface area contributed by atoms with Gasteiger partial charge in [0, 0.05) is 6.92 Å². The molecule has 18 heavy (non-hydrogen) atoms. The first-order chi connectivity index (χ1) is 8.63. The molecule has 0 aliphatic carbocycles. The maximum absolute atomic E-state index is 11.3. The van der Waals surface area contributed by atoms with Crippen LogP contribution >= 0.6 is 11.1 Å². The van der Waals surface area contributed by atoms with Crippen LogP contribution in [0.5, 0.6) is 0 Å². The number of carbonyl (C=O) groups is 1. The summed E-state index contributed by atoms with van der Waals surface area (Å²) >= 11 is 6.68. The Morgan fingerprint density at radius 1 is 0.944 bits per heavy atom. The third kappa shape index (κ3) is 2.63. The van der Waals surface area contributed by atoms with E-state index in [4.69, 9.17) is 15.5 Å². The summed E-state index contributed by atoms with van der Waals surface area (Å²) in [7, 11) is -2.94. The number of benzene rings is 2. The van der Waals surface area contributed by atoms with E-state index in [2.05, 4.69) is 0 Å². The topological polar surface area (TPSA) is 26.3 Å². The highest BCUT2D eigenvalue weighted by molar-refractivity contribution is 7.31. The fraction of sp³-hybridized carbons (Fsp3) is 0.0714. The highest BCUT2D eigenvalue weighted by Crippen LogP contribution is 2.12. The summed E-state index contributed by atoms with van der Waals surface area (Å²) in [5.74, 6) is -0.357. The highest BCUT2D eigenvalue weighted by Gasteiger charge is 2.40. The molecule has 0 aliphatic heterocycles. The van der Waals surface area contributed by atoms with Gasteiger partial charge in [0.2, 0.25) is 0 Å². The van der Waals surface area contributed by atoms with Crippen LogP contribution in [0.15, 0.2) is 60.7 Å². The lowest BCUT2D eigenvalue weighted by Crippen LogP contribution is -2.57. The molecule has 2 aromatic carbocycles. The van der Waals surface area contributed by atoms with Crippen LogP contribution in [0.3, 0.4) is 0 Å². The third-order valence-corrected chi connectivity index (χ3v) is 6.84. The molecule has 0 heterocycles. The fourth-order valence-corrected chi connectivity index (χ4v) is 5.08. The predicted molar refractivity (Wildman–Crippen MR) is 75.5 cm³/mol. The van der Waals surface area contributed by atoms with Gasteiger partial charge < -0.3 is 4.43 Å². The summed E-state index contributed by atoms with van der Waals surface area (Å²) in [4.78, 5) is 11.3. The van der Waals surface area contributed by atoms with E-state index in [1.807, 2.05) is 60.7 Å². The minimum atomic E-state index is -2.94. The molecule has 0 saturated heterocycles. The lowest BCUT2D eigenvalue weighted by molar-refractivity contribution is -0.132. The van der Waals surface area contributed by atoms with Gasteiger partial charge in [-0.1, -0.05) is 60.7 Å². The first kappa shape index (κ1) is 12.9. The standard InChI is InChI=1S/C14H13ClO2Si/c1-12(16)17-18(15,13-8-4-2-5-9-13)14-10-6-3-7-11-14/h2-11H,1H3. The van der Waals surface area contributed by atoms with Crippen molar-refractivity contribution >= 4 is 35.0 Å². The Balaban J connectivity index is 2.51. The summed E-state index contributed by atoms with van der Waals surface area (Å²) in [6, 6.07) is 19.0. The van der Waals surface area contributed by atoms with Gasteiger partial charge in [0.15, 0.2) is 0 Å². The van der Waals surface area contributed by atoms with Crippen molar-refractivity contribution in [2.45, 2.75) is 6.92 Å². The zero-order valence-electron chi connectivity index (χ0n) is 9.97. The molecule has 0 saturated carbocycles. The molecule has 0 aromatic heterocycles. The second kappa shape index (κ2) is 5.37. The molecule has 0 N–H and O–H groups in total. The van der Waals surface area contributed by atoms with E-state index in [9.17, 15) is 4.79 Å².